The molecule has 0 atom stereocenters. The summed E-state index contributed by atoms with van der Waals surface area (Å²) in [5.74, 6) is 0.0318. The van der Waals surface area contributed by atoms with E-state index in [9.17, 15) is 21.6 Å². The van der Waals surface area contributed by atoms with E-state index in [1.54, 1.807) is 38.3 Å². The van der Waals surface area contributed by atoms with Crippen LogP contribution in [0, 0.1) is 20.8 Å². The van der Waals surface area contributed by atoms with E-state index in [1.807, 2.05) is 0 Å². The highest BCUT2D eigenvalue weighted by Gasteiger charge is 2.35. The number of halogens is 3. The predicted octanol–water partition coefficient (Wildman–Crippen LogP) is 4.98. The Kier molecular flexibility index (Phi) is 5.05. The standard InChI is InChI=1S/C20H17F3N4O2S2/c1-12-4-5-13(2)27(12)31(28,29)16-8-6-15(7-9-16)26-10-18(20(21,22)23)25-19(26)17-11-30-14(3)24-17/h4-11H,1-3H3. The van der Waals surface area contributed by atoms with Crippen LogP contribution in [0.1, 0.15) is 22.1 Å². The lowest BCUT2D eigenvalue weighted by molar-refractivity contribution is -0.140. The Balaban J connectivity index is 1.80. The molecule has 11 heteroatoms. The molecule has 0 fully saturated rings. The SMILES string of the molecule is Cc1nc(-c2nc(C(F)(F)F)cn2-c2ccc(S(=O)(=O)n3c(C)ccc3C)cc2)cs1. The summed E-state index contributed by atoms with van der Waals surface area (Å²) in [5, 5.41) is 2.32. The van der Waals surface area contributed by atoms with Gasteiger partial charge in [0.1, 0.15) is 5.69 Å². The second kappa shape index (κ2) is 7.34. The van der Waals surface area contributed by atoms with E-state index in [0.29, 0.717) is 27.8 Å². The Morgan fingerprint density at radius 3 is 2.06 bits per heavy atom. The van der Waals surface area contributed by atoms with E-state index in [0.717, 1.165) is 6.20 Å². The van der Waals surface area contributed by atoms with Crippen LogP contribution in [-0.4, -0.2) is 26.9 Å². The van der Waals surface area contributed by atoms with Gasteiger partial charge in [0.05, 0.1) is 9.90 Å². The molecular weight excluding hydrogens is 449 g/mol. The van der Waals surface area contributed by atoms with E-state index < -0.39 is 21.9 Å². The van der Waals surface area contributed by atoms with Crippen molar-refractivity contribution in [3.05, 3.63) is 70.1 Å². The molecule has 0 N–H and O–H groups in total. The average Bonchev–Trinajstić information content (AvgIpc) is 3.40. The van der Waals surface area contributed by atoms with E-state index >= 15 is 0 Å². The molecule has 31 heavy (non-hydrogen) atoms. The maximum atomic E-state index is 13.3. The van der Waals surface area contributed by atoms with Crippen LogP contribution < -0.4 is 0 Å². The first-order valence-corrected chi connectivity index (χ1v) is 11.4. The van der Waals surface area contributed by atoms with E-state index in [4.69, 9.17) is 0 Å². The van der Waals surface area contributed by atoms with Crippen molar-refractivity contribution >= 4 is 21.4 Å². The van der Waals surface area contributed by atoms with Gasteiger partial charge < -0.3 is 0 Å². The molecule has 4 aromatic rings. The molecule has 1 aromatic carbocycles. The third-order valence-electron chi connectivity index (χ3n) is 4.70. The van der Waals surface area contributed by atoms with Crippen LogP contribution in [0.2, 0.25) is 0 Å². The summed E-state index contributed by atoms with van der Waals surface area (Å²) >= 11 is 1.30. The average molecular weight is 467 g/mol. The molecule has 0 bridgehead atoms. The Bertz CT molecular complexity index is 1340. The summed E-state index contributed by atoms with van der Waals surface area (Å²) in [6.07, 6.45) is -3.74. The van der Waals surface area contributed by atoms with Crippen molar-refractivity contribution in [1.82, 2.24) is 18.5 Å². The molecule has 0 aliphatic carbocycles. The fraction of sp³-hybridized carbons (Fsp3) is 0.200. The molecular formula is C20H17F3N4O2S2. The molecule has 4 rings (SSSR count). The second-order valence-electron chi connectivity index (χ2n) is 6.95. The molecule has 0 aliphatic rings. The first kappa shape index (κ1) is 21.3. The lowest BCUT2D eigenvalue weighted by Gasteiger charge is -2.12. The van der Waals surface area contributed by atoms with Gasteiger partial charge in [-0.2, -0.15) is 13.2 Å². The maximum Gasteiger partial charge on any atom is 0.434 e. The minimum absolute atomic E-state index is 0.0286. The van der Waals surface area contributed by atoms with Gasteiger partial charge in [-0.15, -0.1) is 11.3 Å². The zero-order valence-electron chi connectivity index (χ0n) is 16.7. The summed E-state index contributed by atoms with van der Waals surface area (Å²) in [6.45, 7) is 5.12. The second-order valence-corrected chi connectivity index (χ2v) is 9.80. The number of aromatic nitrogens is 4. The van der Waals surface area contributed by atoms with Gasteiger partial charge in [-0.3, -0.25) is 4.57 Å². The van der Waals surface area contributed by atoms with Crippen molar-refractivity contribution in [2.24, 2.45) is 0 Å². The van der Waals surface area contributed by atoms with Gasteiger partial charge >= 0.3 is 6.18 Å². The molecule has 0 unspecified atom stereocenters. The Morgan fingerprint density at radius 1 is 0.935 bits per heavy atom. The highest BCUT2D eigenvalue weighted by Crippen LogP contribution is 2.33. The van der Waals surface area contributed by atoms with Gasteiger partial charge in [-0.1, -0.05) is 0 Å². The van der Waals surface area contributed by atoms with Crippen LogP contribution in [0.4, 0.5) is 13.2 Å². The van der Waals surface area contributed by atoms with Gasteiger partial charge in [0.25, 0.3) is 10.0 Å². The fourth-order valence-corrected chi connectivity index (χ4v) is 5.44. The van der Waals surface area contributed by atoms with Crippen LogP contribution in [0.25, 0.3) is 17.2 Å². The number of hydrogen-bond donors (Lipinski definition) is 0. The van der Waals surface area contributed by atoms with Crippen molar-refractivity contribution in [3.63, 3.8) is 0 Å². The smallest absolute Gasteiger partial charge is 0.298 e. The minimum Gasteiger partial charge on any atom is -0.298 e. The topological polar surface area (TPSA) is 69.8 Å². The number of thiazole rings is 1. The molecule has 0 aliphatic heterocycles. The van der Waals surface area contributed by atoms with Gasteiger partial charge in [-0.05, 0) is 57.2 Å². The first-order chi connectivity index (χ1) is 14.5. The highest BCUT2D eigenvalue weighted by atomic mass is 32.2. The van der Waals surface area contributed by atoms with Crippen molar-refractivity contribution in [3.8, 4) is 17.2 Å². The largest absolute Gasteiger partial charge is 0.434 e. The third-order valence-corrected chi connectivity index (χ3v) is 7.40. The lowest BCUT2D eigenvalue weighted by atomic mass is 10.3. The summed E-state index contributed by atoms with van der Waals surface area (Å²) in [6, 6.07) is 9.04. The van der Waals surface area contributed by atoms with Crippen LogP contribution >= 0.6 is 11.3 Å². The normalized spacial score (nSPS) is 12.5. The molecule has 0 saturated carbocycles. The molecule has 3 aromatic heterocycles. The number of imidazole rings is 1. The summed E-state index contributed by atoms with van der Waals surface area (Å²) in [4.78, 5) is 8.01. The summed E-state index contributed by atoms with van der Waals surface area (Å²) in [7, 11) is -3.83. The van der Waals surface area contributed by atoms with Crippen LogP contribution in [0.3, 0.4) is 0 Å². The molecule has 0 spiro atoms. The number of nitrogens with zero attached hydrogens (tertiary/aromatic N) is 4. The number of benzene rings is 1. The molecule has 6 nitrogen and oxygen atoms in total. The number of alkyl halides is 3. The Labute approximate surface area is 180 Å². The Hall–Kier alpha value is -2.92. The summed E-state index contributed by atoms with van der Waals surface area (Å²) < 4.78 is 68.4. The number of aryl methyl sites for hydroxylation is 3. The third kappa shape index (κ3) is 3.79. The van der Waals surface area contributed by atoms with E-state index in [-0.39, 0.29) is 10.7 Å². The zero-order valence-corrected chi connectivity index (χ0v) is 18.3. The van der Waals surface area contributed by atoms with Gasteiger partial charge in [0.2, 0.25) is 0 Å². The lowest BCUT2D eigenvalue weighted by Crippen LogP contribution is -2.15. The number of rotatable bonds is 4. The highest BCUT2D eigenvalue weighted by molar-refractivity contribution is 7.90. The first-order valence-electron chi connectivity index (χ1n) is 9.08. The maximum absolute atomic E-state index is 13.3. The van der Waals surface area contributed by atoms with Crippen molar-refractivity contribution < 1.29 is 21.6 Å². The van der Waals surface area contributed by atoms with Gasteiger partial charge in [-0.25, -0.2) is 22.4 Å². The van der Waals surface area contributed by atoms with Crippen LogP contribution in [0.5, 0.6) is 0 Å². The van der Waals surface area contributed by atoms with Gasteiger partial charge in [0, 0.05) is 28.7 Å². The monoisotopic (exact) mass is 466 g/mol. The fourth-order valence-electron chi connectivity index (χ4n) is 3.28. The molecule has 162 valence electrons. The van der Waals surface area contributed by atoms with E-state index in [1.165, 1.54) is 44.1 Å². The molecule has 0 saturated heterocycles. The summed E-state index contributed by atoms with van der Waals surface area (Å²) in [5.41, 5.74) is 0.722. The Morgan fingerprint density at radius 2 is 1.55 bits per heavy atom. The number of hydrogen-bond acceptors (Lipinski definition) is 5. The van der Waals surface area contributed by atoms with Crippen LogP contribution in [-0.2, 0) is 16.2 Å². The molecule has 0 amide bonds. The van der Waals surface area contributed by atoms with Crippen molar-refractivity contribution in [2.75, 3.05) is 0 Å². The van der Waals surface area contributed by atoms with Crippen LogP contribution in [0.15, 0.2) is 52.9 Å². The quantitative estimate of drug-likeness (QED) is 0.425. The zero-order chi connectivity index (χ0) is 22.6. The van der Waals surface area contributed by atoms with Gasteiger partial charge in [0.15, 0.2) is 11.5 Å². The molecule has 0 radical (unpaired) electrons. The van der Waals surface area contributed by atoms with Crippen molar-refractivity contribution in [2.45, 2.75) is 31.8 Å². The van der Waals surface area contributed by atoms with E-state index in [2.05, 4.69) is 9.97 Å². The van der Waals surface area contributed by atoms with Crippen molar-refractivity contribution in [1.29, 1.82) is 0 Å². The molecule has 3 heterocycles. The predicted molar refractivity (Wildman–Crippen MR) is 111 cm³/mol. The minimum atomic E-state index is -4.63.